The fraction of sp³-hybridized carbons (Fsp3) is 0.273. The quantitative estimate of drug-likeness (QED) is 0.0558. The highest BCUT2D eigenvalue weighted by molar-refractivity contribution is 7.80. The number of hydrogen-bond donors (Lipinski definition) is 7. The van der Waals surface area contributed by atoms with E-state index in [2.05, 4.69) is 23.3 Å². The van der Waals surface area contributed by atoms with E-state index in [-0.39, 0.29) is 76.6 Å². The van der Waals surface area contributed by atoms with E-state index in [1.165, 1.54) is 48.5 Å². The number of thiol groups is 1. The summed E-state index contributed by atoms with van der Waals surface area (Å²) in [5.74, 6) is -3.10. The summed E-state index contributed by atoms with van der Waals surface area (Å²) in [5, 5.41) is 25.9. The number of nitrogens with two attached hydrogens (primary N) is 2. The summed E-state index contributed by atoms with van der Waals surface area (Å²) in [6, 6.07) is 11.0. The lowest BCUT2D eigenvalue weighted by atomic mass is 9.90. The van der Waals surface area contributed by atoms with Crippen LogP contribution in [0.3, 0.4) is 0 Å². The van der Waals surface area contributed by atoms with Gasteiger partial charge in [0.05, 0.1) is 11.6 Å². The molecule has 2 aromatic carbocycles. The Bertz CT molecular complexity index is 1870. The number of fused-ring (bicyclic) bond motifs is 2. The summed E-state index contributed by atoms with van der Waals surface area (Å²) in [4.78, 5) is 73.3. The van der Waals surface area contributed by atoms with Crippen LogP contribution in [-0.4, -0.2) is 64.1 Å². The van der Waals surface area contributed by atoms with E-state index >= 15 is 0 Å². The number of carbonyl (C=O) groups is 5. The first kappa shape index (κ1) is 34.7. The van der Waals surface area contributed by atoms with Gasteiger partial charge in [-0.1, -0.05) is 6.07 Å². The van der Waals surface area contributed by atoms with Crippen molar-refractivity contribution in [1.29, 1.82) is 0 Å². The average Bonchev–Trinajstić information content (AvgIpc) is 3.04. The molecule has 47 heavy (non-hydrogen) atoms. The van der Waals surface area contributed by atoms with E-state index in [1.807, 2.05) is 0 Å². The Kier molecular flexibility index (Phi) is 11.3. The third-order valence-electron chi connectivity index (χ3n) is 7.55. The molecular formula is C33H34N4O9S. The second-order valence-electron chi connectivity index (χ2n) is 10.9. The number of aromatic carboxylic acids is 1. The van der Waals surface area contributed by atoms with Crippen LogP contribution in [0.4, 0.5) is 0 Å². The first-order chi connectivity index (χ1) is 22.4. The predicted molar refractivity (Wildman–Crippen MR) is 177 cm³/mol. The Morgan fingerprint density at radius 1 is 0.936 bits per heavy atom. The molecular weight excluding hydrogens is 628 g/mol. The number of rotatable bonds is 15. The van der Waals surface area contributed by atoms with Gasteiger partial charge in [-0.05, 0) is 61.2 Å². The first-order valence-electron chi connectivity index (χ1n) is 14.7. The minimum atomic E-state index is -1.29. The molecule has 1 heterocycles. The highest BCUT2D eigenvalue weighted by Crippen LogP contribution is 2.42. The zero-order valence-electron chi connectivity index (χ0n) is 25.2. The molecule has 0 aromatic heterocycles. The molecule has 4 rings (SSSR count). The lowest BCUT2D eigenvalue weighted by Crippen LogP contribution is -2.44. The number of primary amides is 1. The van der Waals surface area contributed by atoms with E-state index < -0.39 is 35.8 Å². The second-order valence-corrected chi connectivity index (χ2v) is 11.3. The van der Waals surface area contributed by atoms with Crippen LogP contribution < -0.4 is 27.5 Å². The molecule has 2 aromatic rings. The molecule has 0 saturated heterocycles. The van der Waals surface area contributed by atoms with Crippen LogP contribution in [0.5, 0.6) is 5.75 Å². The Labute approximate surface area is 274 Å². The Morgan fingerprint density at radius 2 is 1.68 bits per heavy atom. The Hall–Kier alpha value is -5.21. The number of ketones is 1. The summed E-state index contributed by atoms with van der Waals surface area (Å²) in [7, 11) is 0. The van der Waals surface area contributed by atoms with E-state index in [4.69, 9.17) is 15.9 Å². The van der Waals surface area contributed by atoms with Crippen molar-refractivity contribution in [3.63, 3.8) is 0 Å². The summed E-state index contributed by atoms with van der Waals surface area (Å²) in [6.45, 7) is 0.190. The van der Waals surface area contributed by atoms with Crippen molar-refractivity contribution in [2.75, 3.05) is 12.3 Å². The van der Waals surface area contributed by atoms with Crippen LogP contribution in [0.25, 0.3) is 33.4 Å². The van der Waals surface area contributed by atoms with Crippen molar-refractivity contribution in [2.24, 2.45) is 11.5 Å². The normalized spacial score (nSPS) is 12.4. The lowest BCUT2D eigenvalue weighted by Gasteiger charge is -2.17. The highest BCUT2D eigenvalue weighted by atomic mass is 32.1. The maximum atomic E-state index is 13.0. The van der Waals surface area contributed by atoms with Gasteiger partial charge < -0.3 is 36.7 Å². The minimum absolute atomic E-state index is 0.0796. The van der Waals surface area contributed by atoms with Gasteiger partial charge in [-0.2, -0.15) is 12.6 Å². The molecule has 2 aliphatic rings. The topological polar surface area (TPSA) is 232 Å². The van der Waals surface area contributed by atoms with Crippen molar-refractivity contribution in [1.82, 2.24) is 10.6 Å². The molecule has 0 fully saturated rings. The summed E-state index contributed by atoms with van der Waals surface area (Å²) < 4.78 is 5.84. The van der Waals surface area contributed by atoms with Crippen molar-refractivity contribution in [3.8, 4) is 28.2 Å². The first-order valence-corrected chi connectivity index (χ1v) is 15.4. The minimum Gasteiger partial charge on any atom is -0.508 e. The monoisotopic (exact) mass is 662 g/mol. The molecule has 14 heteroatoms. The van der Waals surface area contributed by atoms with Crippen LogP contribution in [-0.2, 0) is 14.4 Å². The van der Waals surface area contributed by atoms with Crippen LogP contribution >= 0.6 is 12.6 Å². The molecule has 0 spiro atoms. The van der Waals surface area contributed by atoms with E-state index in [9.17, 15) is 39.0 Å². The number of phenolic OH excluding ortho intramolecular Hbond substituents is 1. The van der Waals surface area contributed by atoms with Crippen molar-refractivity contribution < 1.29 is 38.6 Å². The number of carboxylic acid groups (broad SMARTS) is 1. The van der Waals surface area contributed by atoms with Gasteiger partial charge in [0.2, 0.25) is 11.8 Å². The average molecular weight is 663 g/mol. The zero-order valence-corrected chi connectivity index (χ0v) is 26.0. The largest absolute Gasteiger partial charge is 0.508 e. The molecule has 3 amide bonds. The van der Waals surface area contributed by atoms with Crippen LogP contribution in [0.1, 0.15) is 52.8 Å². The molecule has 0 saturated carbocycles. The number of amides is 3. The second kappa shape index (κ2) is 15.4. The van der Waals surface area contributed by atoms with Crippen molar-refractivity contribution >= 4 is 53.1 Å². The Morgan fingerprint density at radius 3 is 2.38 bits per heavy atom. The number of carboxylic acids is 1. The molecule has 13 nitrogen and oxygen atoms in total. The van der Waals surface area contributed by atoms with Gasteiger partial charge in [0.25, 0.3) is 5.91 Å². The number of Topliss-reactive ketones (excluding diaryl/α,β-unsaturated/α-hetero) is 1. The van der Waals surface area contributed by atoms with Crippen molar-refractivity contribution in [3.05, 3.63) is 75.9 Å². The van der Waals surface area contributed by atoms with Gasteiger partial charge in [-0.3, -0.25) is 24.0 Å². The third-order valence-corrected chi connectivity index (χ3v) is 7.94. The van der Waals surface area contributed by atoms with Crippen LogP contribution in [0.2, 0.25) is 0 Å². The summed E-state index contributed by atoms with van der Waals surface area (Å²) in [5.41, 5.74) is 12.1. The van der Waals surface area contributed by atoms with E-state index in [1.54, 1.807) is 6.07 Å². The number of unbranched alkanes of at least 4 members (excludes halogenated alkanes) is 1. The maximum absolute atomic E-state index is 13.0. The molecule has 1 aliphatic carbocycles. The summed E-state index contributed by atoms with van der Waals surface area (Å²) in [6.07, 6.45) is 0.807. The standard InChI is InChI=1S/C33H34N4O9S/c34-24(16-47)26(40)10-11-29(41)37-25(31(35)42)3-1-2-12-36-32(43)17-4-7-20(23(13-17)33(44)45)30-21-8-5-18(38)14-27(21)46-28-15-19(39)6-9-22(28)30/h4-9,13-15,24-25,38,47H,1-3,10-12,16,34H2,(H2,35,42)(H,36,43)(H,37,41)(H,44,45)/t24-,25?/m0/s1. The SMILES string of the molecule is NC(=O)C(CCCCNC(=O)c1ccc(-c2c3ccc(=O)cc-3oc3cc(O)ccc23)c(C(=O)O)c1)NC(=O)CCC(=O)[C@@H](N)CS. The molecule has 0 radical (unpaired) electrons. The number of carbonyl (C=O) groups excluding carboxylic acids is 4. The van der Waals surface area contributed by atoms with Crippen molar-refractivity contribution in [2.45, 2.75) is 44.2 Å². The number of benzene rings is 3. The van der Waals surface area contributed by atoms with Gasteiger partial charge >= 0.3 is 5.97 Å². The fourth-order valence-electron chi connectivity index (χ4n) is 5.08. The van der Waals surface area contributed by atoms with Gasteiger partial charge in [0.15, 0.2) is 11.2 Å². The van der Waals surface area contributed by atoms with Gasteiger partial charge in [-0.25, -0.2) is 4.79 Å². The van der Waals surface area contributed by atoms with Gasteiger partial charge in [0.1, 0.15) is 23.1 Å². The number of aromatic hydroxyl groups is 1. The molecule has 0 bridgehead atoms. The fourth-order valence-corrected chi connectivity index (χ4v) is 5.29. The highest BCUT2D eigenvalue weighted by Gasteiger charge is 2.24. The molecule has 246 valence electrons. The smallest absolute Gasteiger partial charge is 0.336 e. The summed E-state index contributed by atoms with van der Waals surface area (Å²) >= 11 is 3.95. The van der Waals surface area contributed by atoms with E-state index in [0.717, 1.165) is 0 Å². The molecule has 2 atom stereocenters. The zero-order chi connectivity index (χ0) is 34.2. The van der Waals surface area contributed by atoms with Gasteiger partial charge in [-0.15, -0.1) is 0 Å². The third kappa shape index (κ3) is 8.54. The Balaban J connectivity index is 1.43. The lowest BCUT2D eigenvalue weighted by molar-refractivity contribution is -0.129. The van der Waals surface area contributed by atoms with E-state index in [0.29, 0.717) is 29.4 Å². The van der Waals surface area contributed by atoms with Crippen LogP contribution in [0.15, 0.2) is 63.8 Å². The molecule has 1 aliphatic heterocycles. The number of phenols is 1. The molecule has 1 unspecified atom stereocenters. The predicted octanol–water partition coefficient (Wildman–Crippen LogP) is 2.45. The number of nitrogens with one attached hydrogen (secondary N) is 2. The van der Waals surface area contributed by atoms with Crippen LogP contribution in [0, 0.1) is 0 Å². The van der Waals surface area contributed by atoms with Gasteiger partial charge in [0, 0.05) is 59.3 Å². The molecule has 8 N–H and O–H groups in total. The number of hydrogen-bond acceptors (Lipinski definition) is 10. The maximum Gasteiger partial charge on any atom is 0.336 e.